The number of aromatic nitrogens is 5. The summed E-state index contributed by atoms with van der Waals surface area (Å²) in [5, 5.41) is 1.16. The minimum atomic E-state index is 0. The maximum Gasteiger partial charge on any atom is 0.224 e. The van der Waals surface area contributed by atoms with Gasteiger partial charge in [-0.25, -0.2) is 9.97 Å². The third kappa shape index (κ3) is 3.27. The van der Waals surface area contributed by atoms with E-state index in [1.165, 1.54) is 5.56 Å². The molecule has 0 spiro atoms. The molecule has 4 rings (SSSR count). The molecule has 0 unspecified atom stereocenters. The SMILES string of the molecule is Cl.Nc1nc(N)c2nc(CCc3ccnc4ccccc34)cnc2n1. The molecule has 0 saturated heterocycles. The van der Waals surface area contributed by atoms with Crippen LogP contribution in [-0.2, 0) is 12.8 Å². The Bertz CT molecular complexity index is 1050. The summed E-state index contributed by atoms with van der Waals surface area (Å²) >= 11 is 0. The summed E-state index contributed by atoms with van der Waals surface area (Å²) in [6.45, 7) is 0. The van der Waals surface area contributed by atoms with Crippen LogP contribution in [0.5, 0.6) is 0 Å². The molecule has 0 amide bonds. The maximum atomic E-state index is 5.87. The Morgan fingerprint density at radius 1 is 0.880 bits per heavy atom. The highest BCUT2D eigenvalue weighted by molar-refractivity contribution is 5.85. The van der Waals surface area contributed by atoms with Crippen LogP contribution in [0.2, 0.25) is 0 Å². The second-order valence-electron chi connectivity index (χ2n) is 5.49. The van der Waals surface area contributed by atoms with Gasteiger partial charge in [0.2, 0.25) is 5.95 Å². The largest absolute Gasteiger partial charge is 0.382 e. The first-order valence-electron chi connectivity index (χ1n) is 7.58. The number of nitrogens with two attached hydrogens (primary N) is 2. The van der Waals surface area contributed by atoms with Crippen LogP contribution in [0.4, 0.5) is 11.8 Å². The molecule has 0 saturated carbocycles. The van der Waals surface area contributed by atoms with E-state index >= 15 is 0 Å². The van der Waals surface area contributed by atoms with Crippen LogP contribution < -0.4 is 11.5 Å². The van der Waals surface area contributed by atoms with E-state index in [1.54, 1.807) is 6.20 Å². The molecule has 0 aliphatic carbocycles. The standard InChI is InChI=1S/C17H15N7.ClH/c18-15-14-16(24-17(19)23-15)21-9-11(22-14)6-5-10-7-8-20-13-4-2-1-3-12(10)13;/h1-4,7-9H,5-6H2,(H4,18,19,21,23,24);1H. The van der Waals surface area contributed by atoms with Gasteiger partial charge < -0.3 is 11.5 Å². The van der Waals surface area contributed by atoms with Gasteiger partial charge in [-0.2, -0.15) is 9.97 Å². The minimum absolute atomic E-state index is 0. The van der Waals surface area contributed by atoms with Gasteiger partial charge in [-0.15, -0.1) is 12.4 Å². The van der Waals surface area contributed by atoms with Crippen LogP contribution in [0.1, 0.15) is 11.3 Å². The Kier molecular flexibility index (Phi) is 4.58. The van der Waals surface area contributed by atoms with Crippen LogP contribution in [-0.4, -0.2) is 24.9 Å². The number of rotatable bonds is 3. The topological polar surface area (TPSA) is 116 Å². The molecule has 4 aromatic rings. The minimum Gasteiger partial charge on any atom is -0.382 e. The second kappa shape index (κ2) is 6.82. The molecule has 8 heteroatoms. The molecule has 25 heavy (non-hydrogen) atoms. The molecule has 3 heterocycles. The Morgan fingerprint density at radius 2 is 1.72 bits per heavy atom. The highest BCUT2D eigenvalue weighted by Crippen LogP contribution is 2.19. The summed E-state index contributed by atoms with van der Waals surface area (Å²) in [5.74, 6) is 0.353. The Morgan fingerprint density at radius 3 is 2.60 bits per heavy atom. The third-order valence-corrected chi connectivity index (χ3v) is 3.89. The van der Waals surface area contributed by atoms with E-state index in [-0.39, 0.29) is 24.2 Å². The summed E-state index contributed by atoms with van der Waals surface area (Å²) in [6, 6.07) is 10.1. The van der Waals surface area contributed by atoms with E-state index in [2.05, 4.69) is 31.0 Å². The van der Waals surface area contributed by atoms with E-state index in [0.717, 1.165) is 29.4 Å². The number of anilines is 2. The fraction of sp³-hybridized carbons (Fsp3) is 0.118. The van der Waals surface area contributed by atoms with Gasteiger partial charge in [-0.3, -0.25) is 4.98 Å². The molecular formula is C17H16ClN7. The van der Waals surface area contributed by atoms with Crippen LogP contribution in [0.3, 0.4) is 0 Å². The fourth-order valence-corrected chi connectivity index (χ4v) is 2.74. The van der Waals surface area contributed by atoms with E-state index in [0.29, 0.717) is 11.2 Å². The van der Waals surface area contributed by atoms with E-state index < -0.39 is 0 Å². The Labute approximate surface area is 150 Å². The number of halogens is 1. The van der Waals surface area contributed by atoms with Crippen molar-refractivity contribution in [2.45, 2.75) is 12.8 Å². The first kappa shape index (κ1) is 16.8. The third-order valence-electron chi connectivity index (χ3n) is 3.89. The number of nitrogen functional groups attached to an aromatic ring is 2. The van der Waals surface area contributed by atoms with Gasteiger partial charge in [-0.1, -0.05) is 18.2 Å². The molecule has 126 valence electrons. The Hall–Kier alpha value is -3.06. The van der Waals surface area contributed by atoms with Crippen molar-refractivity contribution >= 4 is 46.2 Å². The molecule has 0 bridgehead atoms. The van der Waals surface area contributed by atoms with Crippen molar-refractivity contribution in [2.24, 2.45) is 0 Å². The Balaban J connectivity index is 0.00000182. The molecule has 0 aliphatic rings. The lowest BCUT2D eigenvalue weighted by atomic mass is 10.0. The molecular weight excluding hydrogens is 338 g/mol. The zero-order valence-electron chi connectivity index (χ0n) is 13.3. The average Bonchev–Trinajstić information content (AvgIpc) is 2.60. The smallest absolute Gasteiger partial charge is 0.224 e. The van der Waals surface area contributed by atoms with E-state index in [9.17, 15) is 0 Å². The molecule has 0 fully saturated rings. The van der Waals surface area contributed by atoms with E-state index in [1.807, 2.05) is 30.5 Å². The number of nitrogens with zero attached hydrogens (tertiary/aromatic N) is 5. The monoisotopic (exact) mass is 353 g/mol. The van der Waals surface area contributed by atoms with Gasteiger partial charge in [-0.05, 0) is 30.5 Å². The molecule has 7 nitrogen and oxygen atoms in total. The summed E-state index contributed by atoms with van der Waals surface area (Å²) in [7, 11) is 0. The quantitative estimate of drug-likeness (QED) is 0.580. The van der Waals surface area contributed by atoms with Crippen molar-refractivity contribution in [1.82, 2.24) is 24.9 Å². The summed E-state index contributed by atoms with van der Waals surface area (Å²) in [4.78, 5) is 21.2. The molecule has 0 radical (unpaired) electrons. The van der Waals surface area contributed by atoms with Crippen LogP contribution >= 0.6 is 12.4 Å². The zero-order chi connectivity index (χ0) is 16.5. The number of benzene rings is 1. The highest BCUT2D eigenvalue weighted by atomic mass is 35.5. The molecule has 4 N–H and O–H groups in total. The summed E-state index contributed by atoms with van der Waals surface area (Å²) in [6.07, 6.45) is 5.11. The number of hydrogen-bond donors (Lipinski definition) is 2. The number of para-hydroxylation sites is 1. The normalized spacial score (nSPS) is 10.7. The zero-order valence-corrected chi connectivity index (χ0v) is 14.1. The number of pyridine rings is 1. The van der Waals surface area contributed by atoms with E-state index in [4.69, 9.17) is 11.5 Å². The molecule has 0 atom stereocenters. The van der Waals surface area contributed by atoms with Crippen molar-refractivity contribution in [2.75, 3.05) is 11.5 Å². The number of hydrogen-bond acceptors (Lipinski definition) is 7. The van der Waals surface area contributed by atoms with Gasteiger partial charge in [0.15, 0.2) is 17.0 Å². The first-order chi connectivity index (χ1) is 11.7. The lowest BCUT2D eigenvalue weighted by Crippen LogP contribution is -2.05. The van der Waals surface area contributed by atoms with Gasteiger partial charge in [0, 0.05) is 11.6 Å². The predicted molar refractivity (Wildman–Crippen MR) is 100 cm³/mol. The highest BCUT2D eigenvalue weighted by Gasteiger charge is 2.08. The van der Waals surface area contributed by atoms with Crippen molar-refractivity contribution in [3.63, 3.8) is 0 Å². The lowest BCUT2D eigenvalue weighted by molar-refractivity contribution is 0.914. The summed E-state index contributed by atoms with van der Waals surface area (Å²) < 4.78 is 0. The first-order valence-corrected chi connectivity index (χ1v) is 7.58. The fourth-order valence-electron chi connectivity index (χ4n) is 2.74. The van der Waals surface area contributed by atoms with Crippen LogP contribution in [0.15, 0.2) is 42.7 Å². The number of fused-ring (bicyclic) bond motifs is 2. The lowest BCUT2D eigenvalue weighted by Gasteiger charge is -2.07. The molecule has 3 aromatic heterocycles. The van der Waals surface area contributed by atoms with Crippen molar-refractivity contribution in [3.8, 4) is 0 Å². The van der Waals surface area contributed by atoms with Crippen molar-refractivity contribution < 1.29 is 0 Å². The van der Waals surface area contributed by atoms with Gasteiger partial charge in [0.25, 0.3) is 0 Å². The van der Waals surface area contributed by atoms with Gasteiger partial charge in [0.05, 0.1) is 17.4 Å². The van der Waals surface area contributed by atoms with Crippen LogP contribution in [0, 0.1) is 0 Å². The molecule has 0 aliphatic heterocycles. The van der Waals surface area contributed by atoms with Crippen molar-refractivity contribution in [3.05, 3.63) is 54.0 Å². The van der Waals surface area contributed by atoms with Crippen LogP contribution in [0.25, 0.3) is 22.1 Å². The second-order valence-corrected chi connectivity index (χ2v) is 5.49. The predicted octanol–water partition coefficient (Wildman–Crippen LogP) is 2.34. The average molecular weight is 354 g/mol. The number of aryl methyl sites for hydroxylation is 2. The summed E-state index contributed by atoms with van der Waals surface area (Å²) in [5.41, 5.74) is 15.4. The molecule has 1 aromatic carbocycles. The van der Waals surface area contributed by atoms with Gasteiger partial charge in [0.1, 0.15) is 0 Å². The maximum absolute atomic E-state index is 5.87. The van der Waals surface area contributed by atoms with Gasteiger partial charge >= 0.3 is 0 Å². The van der Waals surface area contributed by atoms with Crippen molar-refractivity contribution in [1.29, 1.82) is 0 Å².